The van der Waals surface area contributed by atoms with Gasteiger partial charge in [0.15, 0.2) is 11.5 Å². The maximum absolute atomic E-state index is 12.4. The summed E-state index contributed by atoms with van der Waals surface area (Å²) in [7, 11) is 3.24. The van der Waals surface area contributed by atoms with Crippen LogP contribution in [0.1, 0.15) is 31.4 Å². The standard InChI is InChI=1S/C16H24N2O3.ClH/c1-11(10-17)16(19)18-8-4-5-13(18)12-6-7-14(20-2)15(9-12)21-3;/h6-7,9,11,13H,4-5,8,10,17H2,1-3H3;1H. The highest BCUT2D eigenvalue weighted by Crippen LogP contribution is 2.37. The highest BCUT2D eigenvalue weighted by atomic mass is 35.5. The second-order valence-electron chi connectivity index (χ2n) is 5.44. The predicted octanol–water partition coefficient (Wildman–Crippen LogP) is 2.38. The van der Waals surface area contributed by atoms with E-state index in [4.69, 9.17) is 15.2 Å². The number of ether oxygens (including phenoxy) is 2. The lowest BCUT2D eigenvalue weighted by atomic mass is 10.0. The summed E-state index contributed by atoms with van der Waals surface area (Å²) in [6.45, 7) is 3.06. The minimum Gasteiger partial charge on any atom is -0.493 e. The Labute approximate surface area is 138 Å². The highest BCUT2D eigenvalue weighted by molar-refractivity contribution is 5.85. The van der Waals surface area contributed by atoms with Crippen LogP contribution in [0.4, 0.5) is 0 Å². The Bertz CT molecular complexity index is 510. The summed E-state index contributed by atoms with van der Waals surface area (Å²) in [5, 5.41) is 0. The van der Waals surface area contributed by atoms with Gasteiger partial charge in [0.05, 0.1) is 20.3 Å². The third-order valence-corrected chi connectivity index (χ3v) is 4.10. The second-order valence-corrected chi connectivity index (χ2v) is 5.44. The number of hydrogen-bond donors (Lipinski definition) is 1. The number of nitrogens with zero attached hydrogens (tertiary/aromatic N) is 1. The van der Waals surface area contributed by atoms with Crippen LogP contribution < -0.4 is 15.2 Å². The molecule has 1 fully saturated rings. The minimum atomic E-state index is -0.134. The maximum Gasteiger partial charge on any atom is 0.227 e. The molecular formula is C16H25ClN2O3. The van der Waals surface area contributed by atoms with E-state index in [-0.39, 0.29) is 30.3 Å². The number of hydrogen-bond acceptors (Lipinski definition) is 4. The van der Waals surface area contributed by atoms with E-state index in [2.05, 4.69) is 0 Å². The largest absolute Gasteiger partial charge is 0.493 e. The molecule has 1 aliphatic heterocycles. The molecule has 2 atom stereocenters. The molecule has 0 bridgehead atoms. The van der Waals surface area contributed by atoms with Crippen molar-refractivity contribution in [2.45, 2.75) is 25.8 Å². The van der Waals surface area contributed by atoms with Gasteiger partial charge in [0, 0.05) is 19.0 Å². The second kappa shape index (κ2) is 8.25. The lowest BCUT2D eigenvalue weighted by Crippen LogP contribution is -2.37. The summed E-state index contributed by atoms with van der Waals surface area (Å²) < 4.78 is 10.6. The summed E-state index contributed by atoms with van der Waals surface area (Å²) in [6, 6.07) is 5.96. The molecule has 2 rings (SSSR count). The van der Waals surface area contributed by atoms with Gasteiger partial charge in [-0.25, -0.2) is 0 Å². The van der Waals surface area contributed by atoms with Crippen molar-refractivity contribution in [2.75, 3.05) is 27.3 Å². The molecule has 0 spiro atoms. The van der Waals surface area contributed by atoms with Crippen LogP contribution in [0.15, 0.2) is 18.2 Å². The van der Waals surface area contributed by atoms with Crippen molar-refractivity contribution in [1.82, 2.24) is 4.90 Å². The number of halogens is 1. The number of likely N-dealkylation sites (tertiary alicyclic amines) is 1. The Morgan fingerprint density at radius 2 is 2.05 bits per heavy atom. The van der Waals surface area contributed by atoms with E-state index in [1.807, 2.05) is 30.0 Å². The van der Waals surface area contributed by atoms with Crippen molar-refractivity contribution in [1.29, 1.82) is 0 Å². The van der Waals surface area contributed by atoms with Crippen molar-refractivity contribution in [2.24, 2.45) is 11.7 Å². The van der Waals surface area contributed by atoms with Crippen LogP contribution in [0, 0.1) is 5.92 Å². The summed E-state index contributed by atoms with van der Waals surface area (Å²) in [6.07, 6.45) is 1.99. The molecule has 6 heteroatoms. The lowest BCUT2D eigenvalue weighted by molar-refractivity contribution is -0.135. The number of benzene rings is 1. The lowest BCUT2D eigenvalue weighted by Gasteiger charge is -2.28. The first-order valence-corrected chi connectivity index (χ1v) is 7.34. The van der Waals surface area contributed by atoms with Gasteiger partial charge in [-0.05, 0) is 30.5 Å². The fraction of sp³-hybridized carbons (Fsp3) is 0.562. The van der Waals surface area contributed by atoms with E-state index >= 15 is 0 Å². The Hall–Kier alpha value is -1.46. The van der Waals surface area contributed by atoms with Crippen LogP contribution >= 0.6 is 12.4 Å². The third kappa shape index (κ3) is 3.65. The van der Waals surface area contributed by atoms with Crippen LogP contribution in [0.3, 0.4) is 0 Å². The molecule has 1 aromatic carbocycles. The van der Waals surface area contributed by atoms with E-state index in [1.54, 1.807) is 14.2 Å². The fourth-order valence-corrected chi connectivity index (χ4v) is 2.82. The van der Waals surface area contributed by atoms with Gasteiger partial charge in [-0.3, -0.25) is 4.79 Å². The quantitative estimate of drug-likeness (QED) is 0.901. The van der Waals surface area contributed by atoms with Gasteiger partial charge in [-0.15, -0.1) is 12.4 Å². The molecule has 1 amide bonds. The molecule has 0 aromatic heterocycles. The van der Waals surface area contributed by atoms with Gasteiger partial charge in [-0.1, -0.05) is 13.0 Å². The number of amides is 1. The first kappa shape index (κ1) is 18.6. The minimum absolute atomic E-state index is 0. The third-order valence-electron chi connectivity index (χ3n) is 4.10. The van der Waals surface area contributed by atoms with E-state index < -0.39 is 0 Å². The smallest absolute Gasteiger partial charge is 0.227 e. The van der Waals surface area contributed by atoms with Crippen LogP contribution in [0.2, 0.25) is 0 Å². The monoisotopic (exact) mass is 328 g/mol. The van der Waals surface area contributed by atoms with Crippen molar-refractivity contribution < 1.29 is 14.3 Å². The van der Waals surface area contributed by atoms with Crippen LogP contribution in [0.25, 0.3) is 0 Å². The zero-order valence-electron chi connectivity index (χ0n) is 13.4. The molecule has 2 N–H and O–H groups in total. The molecule has 1 saturated heterocycles. The molecule has 1 aliphatic rings. The number of carbonyl (C=O) groups is 1. The summed E-state index contributed by atoms with van der Waals surface area (Å²) >= 11 is 0. The van der Waals surface area contributed by atoms with Crippen LogP contribution in [-0.4, -0.2) is 38.1 Å². The molecule has 124 valence electrons. The van der Waals surface area contributed by atoms with Crippen molar-refractivity contribution in [3.05, 3.63) is 23.8 Å². The molecule has 5 nitrogen and oxygen atoms in total. The number of nitrogens with two attached hydrogens (primary N) is 1. The normalized spacial score (nSPS) is 18.5. The summed E-state index contributed by atoms with van der Waals surface area (Å²) in [5.74, 6) is 1.40. The fourth-order valence-electron chi connectivity index (χ4n) is 2.82. The molecule has 1 aromatic rings. The summed E-state index contributed by atoms with van der Waals surface area (Å²) in [4.78, 5) is 14.4. The topological polar surface area (TPSA) is 64.8 Å². The maximum atomic E-state index is 12.4. The van der Waals surface area contributed by atoms with Gasteiger partial charge in [0.25, 0.3) is 0 Å². The zero-order valence-corrected chi connectivity index (χ0v) is 14.2. The molecule has 0 saturated carbocycles. The van der Waals surface area contributed by atoms with Gasteiger partial charge < -0.3 is 20.1 Å². The number of methoxy groups -OCH3 is 2. The Balaban J connectivity index is 0.00000242. The number of carbonyl (C=O) groups excluding carboxylic acids is 1. The Kier molecular flexibility index (Phi) is 6.97. The van der Waals surface area contributed by atoms with Crippen molar-refractivity contribution in [3.63, 3.8) is 0 Å². The van der Waals surface area contributed by atoms with E-state index in [9.17, 15) is 4.79 Å². The molecule has 22 heavy (non-hydrogen) atoms. The Morgan fingerprint density at radius 1 is 1.36 bits per heavy atom. The Morgan fingerprint density at radius 3 is 2.64 bits per heavy atom. The van der Waals surface area contributed by atoms with Gasteiger partial charge in [0.2, 0.25) is 5.91 Å². The van der Waals surface area contributed by atoms with Crippen LogP contribution in [-0.2, 0) is 4.79 Å². The van der Waals surface area contributed by atoms with E-state index in [0.29, 0.717) is 18.0 Å². The van der Waals surface area contributed by atoms with E-state index in [0.717, 1.165) is 24.9 Å². The average Bonchev–Trinajstić information content (AvgIpc) is 3.02. The zero-order chi connectivity index (χ0) is 15.4. The van der Waals surface area contributed by atoms with Crippen LogP contribution in [0.5, 0.6) is 11.5 Å². The molecule has 2 unspecified atom stereocenters. The number of rotatable bonds is 5. The molecule has 0 aliphatic carbocycles. The summed E-state index contributed by atoms with van der Waals surface area (Å²) in [5.41, 5.74) is 6.71. The average molecular weight is 329 g/mol. The highest BCUT2D eigenvalue weighted by Gasteiger charge is 2.32. The predicted molar refractivity (Wildman–Crippen MR) is 88.7 cm³/mol. The van der Waals surface area contributed by atoms with Gasteiger partial charge in [-0.2, -0.15) is 0 Å². The first-order chi connectivity index (χ1) is 10.1. The van der Waals surface area contributed by atoms with Gasteiger partial charge >= 0.3 is 0 Å². The van der Waals surface area contributed by atoms with Crippen molar-refractivity contribution >= 4 is 18.3 Å². The molecule has 1 heterocycles. The molecular weight excluding hydrogens is 304 g/mol. The first-order valence-electron chi connectivity index (χ1n) is 7.34. The molecule has 0 radical (unpaired) electrons. The SMILES string of the molecule is COc1ccc(C2CCCN2C(=O)C(C)CN)cc1OC.Cl. The van der Waals surface area contributed by atoms with Gasteiger partial charge in [0.1, 0.15) is 0 Å². The van der Waals surface area contributed by atoms with Crippen molar-refractivity contribution in [3.8, 4) is 11.5 Å². The van der Waals surface area contributed by atoms with E-state index in [1.165, 1.54) is 0 Å².